The Hall–Kier alpha value is -1.63. The molecule has 0 spiro atoms. The van der Waals surface area contributed by atoms with Gasteiger partial charge in [0.05, 0.1) is 6.54 Å². The van der Waals surface area contributed by atoms with Gasteiger partial charge >= 0.3 is 0 Å². The molecule has 5 N–H and O–H groups in total. The van der Waals surface area contributed by atoms with Crippen LogP contribution in [-0.2, 0) is 14.4 Å². The molecular weight excluding hydrogens is 212 g/mol. The summed E-state index contributed by atoms with van der Waals surface area (Å²) in [5, 5.41) is 8.00. The van der Waals surface area contributed by atoms with Gasteiger partial charge in [0.1, 0.15) is 6.04 Å². The molecule has 0 radical (unpaired) electrons. The predicted molar refractivity (Wildman–Crippen MR) is 56.2 cm³/mol. The van der Waals surface area contributed by atoms with E-state index in [4.69, 9.17) is 5.73 Å². The van der Waals surface area contributed by atoms with E-state index in [0.717, 1.165) is 0 Å². The van der Waals surface area contributed by atoms with Gasteiger partial charge in [-0.2, -0.15) is 0 Å². The van der Waals surface area contributed by atoms with Gasteiger partial charge in [-0.15, -0.1) is 0 Å². The normalized spacial score (nSPS) is 22.1. The standard InChI is InChI=1S/C9H16N4O3/c1-5(2-7(10)14)13-9(16)6-3-12-8(15)4-11-6/h5-6,11H,2-4H2,1H3,(H2,10,14)(H,12,15)(H,13,16). The SMILES string of the molecule is CC(CC(N)=O)NC(=O)C1CNC(=O)CN1. The fraction of sp³-hybridized carbons (Fsp3) is 0.667. The van der Waals surface area contributed by atoms with E-state index < -0.39 is 11.9 Å². The molecule has 2 unspecified atom stereocenters. The first-order valence-corrected chi connectivity index (χ1v) is 5.08. The molecule has 1 rings (SSSR count). The molecule has 1 fully saturated rings. The summed E-state index contributed by atoms with van der Waals surface area (Å²) in [6, 6.07) is -0.752. The van der Waals surface area contributed by atoms with E-state index in [1.807, 2.05) is 0 Å². The first-order chi connectivity index (χ1) is 7.49. The average molecular weight is 228 g/mol. The number of piperazine rings is 1. The molecule has 7 nitrogen and oxygen atoms in total. The van der Waals surface area contributed by atoms with Crippen LogP contribution in [0.2, 0.25) is 0 Å². The molecule has 16 heavy (non-hydrogen) atoms. The van der Waals surface area contributed by atoms with Gasteiger partial charge in [-0.05, 0) is 6.92 Å². The van der Waals surface area contributed by atoms with E-state index in [1.54, 1.807) is 6.92 Å². The van der Waals surface area contributed by atoms with E-state index in [9.17, 15) is 14.4 Å². The van der Waals surface area contributed by atoms with E-state index in [0.29, 0.717) is 0 Å². The average Bonchev–Trinajstić information content (AvgIpc) is 2.16. The highest BCUT2D eigenvalue weighted by Crippen LogP contribution is 1.93. The van der Waals surface area contributed by atoms with Crippen molar-refractivity contribution in [3.63, 3.8) is 0 Å². The Morgan fingerprint density at radius 1 is 1.62 bits per heavy atom. The highest BCUT2D eigenvalue weighted by atomic mass is 16.2. The van der Waals surface area contributed by atoms with E-state index in [-0.39, 0.29) is 37.4 Å². The Labute approximate surface area is 93.1 Å². The van der Waals surface area contributed by atoms with Gasteiger partial charge in [0.25, 0.3) is 0 Å². The Kier molecular flexibility index (Phi) is 4.24. The summed E-state index contributed by atoms with van der Waals surface area (Å²) in [7, 11) is 0. The summed E-state index contributed by atoms with van der Waals surface area (Å²) in [4.78, 5) is 33.1. The Balaban J connectivity index is 2.34. The number of hydrogen-bond donors (Lipinski definition) is 4. The number of carbonyl (C=O) groups is 3. The molecule has 0 aliphatic carbocycles. The van der Waals surface area contributed by atoms with Crippen LogP contribution in [0.1, 0.15) is 13.3 Å². The highest BCUT2D eigenvalue weighted by Gasteiger charge is 2.24. The first kappa shape index (κ1) is 12.4. The molecular formula is C9H16N4O3. The second kappa shape index (κ2) is 5.45. The molecule has 1 saturated heterocycles. The lowest BCUT2D eigenvalue weighted by Gasteiger charge is -2.24. The molecule has 90 valence electrons. The van der Waals surface area contributed by atoms with Crippen LogP contribution >= 0.6 is 0 Å². The van der Waals surface area contributed by atoms with Crippen LogP contribution in [-0.4, -0.2) is 42.9 Å². The van der Waals surface area contributed by atoms with Crippen molar-refractivity contribution in [3.8, 4) is 0 Å². The first-order valence-electron chi connectivity index (χ1n) is 5.08. The summed E-state index contributed by atoms with van der Waals surface area (Å²) in [6.07, 6.45) is 0.102. The number of nitrogens with two attached hydrogens (primary N) is 1. The van der Waals surface area contributed by atoms with Crippen molar-refractivity contribution in [1.29, 1.82) is 0 Å². The molecule has 0 aromatic carbocycles. The zero-order chi connectivity index (χ0) is 12.1. The van der Waals surface area contributed by atoms with Crippen molar-refractivity contribution in [3.05, 3.63) is 0 Å². The van der Waals surface area contributed by atoms with Gasteiger partial charge in [0, 0.05) is 19.0 Å². The van der Waals surface area contributed by atoms with Crippen molar-refractivity contribution in [2.45, 2.75) is 25.4 Å². The van der Waals surface area contributed by atoms with Crippen LogP contribution in [0.15, 0.2) is 0 Å². The maximum absolute atomic E-state index is 11.6. The van der Waals surface area contributed by atoms with Gasteiger partial charge in [-0.3, -0.25) is 19.7 Å². The number of rotatable bonds is 4. The van der Waals surface area contributed by atoms with Crippen molar-refractivity contribution in [1.82, 2.24) is 16.0 Å². The Bertz CT molecular complexity index is 295. The molecule has 2 atom stereocenters. The van der Waals surface area contributed by atoms with Crippen molar-refractivity contribution >= 4 is 17.7 Å². The Morgan fingerprint density at radius 2 is 2.31 bits per heavy atom. The van der Waals surface area contributed by atoms with Crippen LogP contribution in [0.25, 0.3) is 0 Å². The molecule has 0 aromatic rings. The Morgan fingerprint density at radius 3 is 2.81 bits per heavy atom. The highest BCUT2D eigenvalue weighted by molar-refractivity contribution is 5.87. The quantitative estimate of drug-likeness (QED) is 0.424. The van der Waals surface area contributed by atoms with Crippen LogP contribution in [0.3, 0.4) is 0 Å². The van der Waals surface area contributed by atoms with Crippen LogP contribution in [0.4, 0.5) is 0 Å². The number of amides is 3. The van der Waals surface area contributed by atoms with E-state index >= 15 is 0 Å². The van der Waals surface area contributed by atoms with Crippen molar-refractivity contribution in [2.24, 2.45) is 5.73 Å². The number of carbonyl (C=O) groups excluding carboxylic acids is 3. The molecule has 3 amide bonds. The summed E-state index contributed by atoms with van der Waals surface area (Å²) >= 11 is 0. The lowest BCUT2D eigenvalue weighted by molar-refractivity contribution is -0.127. The molecule has 1 heterocycles. The van der Waals surface area contributed by atoms with Crippen LogP contribution in [0.5, 0.6) is 0 Å². The molecule has 1 aliphatic heterocycles. The minimum atomic E-state index is -0.460. The fourth-order valence-corrected chi connectivity index (χ4v) is 1.45. The summed E-state index contributed by atoms with van der Waals surface area (Å²) < 4.78 is 0. The second-order valence-corrected chi connectivity index (χ2v) is 3.82. The number of hydrogen-bond acceptors (Lipinski definition) is 4. The van der Waals surface area contributed by atoms with E-state index in [1.165, 1.54) is 0 Å². The zero-order valence-electron chi connectivity index (χ0n) is 9.08. The summed E-state index contributed by atoms with van der Waals surface area (Å²) in [5.41, 5.74) is 5.00. The third-order valence-electron chi connectivity index (χ3n) is 2.22. The maximum Gasteiger partial charge on any atom is 0.239 e. The lowest BCUT2D eigenvalue weighted by Crippen LogP contribution is -2.59. The molecule has 0 bridgehead atoms. The monoisotopic (exact) mass is 228 g/mol. The smallest absolute Gasteiger partial charge is 0.239 e. The van der Waals surface area contributed by atoms with Gasteiger partial charge in [0.2, 0.25) is 17.7 Å². The number of nitrogens with one attached hydrogen (secondary N) is 3. The summed E-state index contributed by atoms with van der Waals surface area (Å²) in [6.45, 7) is 2.08. The lowest BCUT2D eigenvalue weighted by atomic mass is 10.2. The van der Waals surface area contributed by atoms with Gasteiger partial charge in [-0.1, -0.05) is 0 Å². The fourth-order valence-electron chi connectivity index (χ4n) is 1.45. The minimum Gasteiger partial charge on any atom is -0.370 e. The zero-order valence-corrected chi connectivity index (χ0v) is 9.08. The molecule has 1 aliphatic rings. The number of primary amides is 1. The van der Waals surface area contributed by atoms with Crippen LogP contribution < -0.4 is 21.7 Å². The third-order valence-corrected chi connectivity index (χ3v) is 2.22. The minimum absolute atomic E-state index is 0.102. The van der Waals surface area contributed by atoms with Gasteiger partial charge in [-0.25, -0.2) is 0 Å². The van der Waals surface area contributed by atoms with E-state index in [2.05, 4.69) is 16.0 Å². The van der Waals surface area contributed by atoms with Gasteiger partial charge < -0.3 is 16.4 Å². The van der Waals surface area contributed by atoms with Gasteiger partial charge in [0.15, 0.2) is 0 Å². The topological polar surface area (TPSA) is 113 Å². The second-order valence-electron chi connectivity index (χ2n) is 3.82. The molecule has 0 aromatic heterocycles. The molecule has 0 saturated carbocycles. The predicted octanol–water partition coefficient (Wildman–Crippen LogP) is -2.55. The largest absolute Gasteiger partial charge is 0.370 e. The molecule has 7 heteroatoms. The van der Waals surface area contributed by atoms with Crippen molar-refractivity contribution in [2.75, 3.05) is 13.1 Å². The van der Waals surface area contributed by atoms with Crippen LogP contribution in [0, 0.1) is 0 Å². The third kappa shape index (κ3) is 3.85. The van der Waals surface area contributed by atoms with Crippen molar-refractivity contribution < 1.29 is 14.4 Å². The maximum atomic E-state index is 11.6. The summed E-state index contributed by atoms with van der Waals surface area (Å²) in [5.74, 6) is -0.833.